The Hall–Kier alpha value is -0.580. The lowest BCUT2D eigenvalue weighted by Crippen LogP contribution is -2.39. The fraction of sp³-hybridized carbons (Fsp3) is 0.538. The molecule has 17 heavy (non-hydrogen) atoms. The first-order valence-corrected chi connectivity index (χ1v) is 7.01. The molecule has 1 unspecified atom stereocenters. The van der Waals surface area contributed by atoms with Gasteiger partial charge in [0.25, 0.3) is 0 Å². The van der Waals surface area contributed by atoms with Crippen molar-refractivity contribution < 1.29 is 9.50 Å². The van der Waals surface area contributed by atoms with E-state index in [1.807, 2.05) is 19.2 Å². The minimum atomic E-state index is -0.750. The molecule has 0 aliphatic rings. The third-order valence-corrected chi connectivity index (χ3v) is 3.39. The van der Waals surface area contributed by atoms with E-state index in [-0.39, 0.29) is 5.82 Å². The predicted octanol–water partition coefficient (Wildman–Crippen LogP) is 2.34. The van der Waals surface area contributed by atoms with E-state index in [2.05, 4.69) is 5.32 Å². The van der Waals surface area contributed by atoms with E-state index in [0.29, 0.717) is 24.4 Å². The number of aliphatic hydroxyl groups is 1. The summed E-state index contributed by atoms with van der Waals surface area (Å²) in [5.41, 5.74) is 0.934. The van der Waals surface area contributed by atoms with Crippen molar-refractivity contribution in [3.05, 3.63) is 35.1 Å². The molecule has 1 aromatic carbocycles. The molecule has 1 rings (SSSR count). The number of rotatable bonds is 6. The Bertz CT molecular complexity index is 368. The van der Waals surface area contributed by atoms with Crippen molar-refractivity contribution in [2.75, 3.05) is 18.6 Å². The second kappa shape index (κ2) is 6.38. The van der Waals surface area contributed by atoms with Crippen LogP contribution in [0.1, 0.15) is 18.1 Å². The number of thioether (sulfide) groups is 1. The molecule has 2 N–H and O–H groups in total. The minimum absolute atomic E-state index is 0.201. The maximum absolute atomic E-state index is 13.4. The first-order chi connectivity index (χ1) is 7.94. The van der Waals surface area contributed by atoms with Gasteiger partial charge in [-0.15, -0.1) is 0 Å². The Morgan fingerprint density at radius 2 is 2.18 bits per heavy atom. The van der Waals surface area contributed by atoms with Crippen LogP contribution in [0.5, 0.6) is 0 Å². The van der Waals surface area contributed by atoms with Gasteiger partial charge in [0.2, 0.25) is 0 Å². The van der Waals surface area contributed by atoms with Gasteiger partial charge in [0.15, 0.2) is 0 Å². The third kappa shape index (κ3) is 5.06. The van der Waals surface area contributed by atoms with Gasteiger partial charge in [-0.1, -0.05) is 17.7 Å². The van der Waals surface area contributed by atoms with Crippen LogP contribution in [-0.2, 0) is 6.54 Å². The summed E-state index contributed by atoms with van der Waals surface area (Å²) in [7, 11) is 0. The SMILES string of the molecule is CSCC(C)(O)CNCc1cc(C)ccc1F. The summed E-state index contributed by atoms with van der Waals surface area (Å²) in [6.45, 7) is 4.62. The number of aryl methyl sites for hydroxylation is 1. The zero-order chi connectivity index (χ0) is 12.9. The monoisotopic (exact) mass is 257 g/mol. The van der Waals surface area contributed by atoms with Crippen molar-refractivity contribution in [3.8, 4) is 0 Å². The van der Waals surface area contributed by atoms with E-state index >= 15 is 0 Å². The van der Waals surface area contributed by atoms with Crippen LogP contribution in [-0.4, -0.2) is 29.3 Å². The molecule has 0 aliphatic heterocycles. The van der Waals surface area contributed by atoms with Crippen LogP contribution in [0, 0.1) is 12.7 Å². The lowest BCUT2D eigenvalue weighted by Gasteiger charge is -2.22. The lowest BCUT2D eigenvalue weighted by atomic mass is 10.1. The molecule has 0 saturated heterocycles. The van der Waals surface area contributed by atoms with Crippen molar-refractivity contribution in [1.29, 1.82) is 0 Å². The fourth-order valence-corrected chi connectivity index (χ4v) is 2.39. The zero-order valence-electron chi connectivity index (χ0n) is 10.6. The second-order valence-corrected chi connectivity index (χ2v) is 5.49. The van der Waals surface area contributed by atoms with Crippen LogP contribution in [0.3, 0.4) is 0 Å². The van der Waals surface area contributed by atoms with Gasteiger partial charge in [0.1, 0.15) is 5.82 Å². The highest BCUT2D eigenvalue weighted by atomic mass is 32.2. The maximum atomic E-state index is 13.4. The molecule has 0 amide bonds. The molecule has 4 heteroatoms. The highest BCUT2D eigenvalue weighted by Crippen LogP contribution is 2.12. The first kappa shape index (κ1) is 14.5. The number of benzene rings is 1. The van der Waals surface area contributed by atoms with Crippen LogP contribution in [0.25, 0.3) is 0 Å². The maximum Gasteiger partial charge on any atom is 0.127 e. The highest BCUT2D eigenvalue weighted by Gasteiger charge is 2.18. The molecule has 1 atom stereocenters. The normalized spacial score (nSPS) is 14.6. The standard InChI is InChI=1S/C13H20FNOS/c1-10-4-5-12(14)11(6-10)7-15-8-13(2,16)9-17-3/h4-6,15-16H,7-9H2,1-3H3. The molecular formula is C13H20FNOS. The van der Waals surface area contributed by atoms with E-state index in [1.54, 1.807) is 24.8 Å². The van der Waals surface area contributed by atoms with Crippen molar-refractivity contribution in [1.82, 2.24) is 5.32 Å². The van der Waals surface area contributed by atoms with Crippen LogP contribution < -0.4 is 5.32 Å². The molecular weight excluding hydrogens is 237 g/mol. The largest absolute Gasteiger partial charge is 0.388 e. The van der Waals surface area contributed by atoms with Gasteiger partial charge in [-0.2, -0.15) is 11.8 Å². The molecule has 0 radical (unpaired) electrons. The average Bonchev–Trinajstić information content (AvgIpc) is 2.23. The summed E-state index contributed by atoms with van der Waals surface area (Å²) in [6.07, 6.45) is 1.95. The van der Waals surface area contributed by atoms with E-state index in [1.165, 1.54) is 6.07 Å². The Balaban J connectivity index is 2.48. The van der Waals surface area contributed by atoms with Crippen molar-refractivity contribution in [3.63, 3.8) is 0 Å². The first-order valence-electron chi connectivity index (χ1n) is 5.62. The topological polar surface area (TPSA) is 32.3 Å². The van der Waals surface area contributed by atoms with Gasteiger partial charge in [0.05, 0.1) is 5.60 Å². The molecule has 96 valence electrons. The Morgan fingerprint density at radius 1 is 1.47 bits per heavy atom. The molecule has 0 aliphatic carbocycles. The van der Waals surface area contributed by atoms with Gasteiger partial charge < -0.3 is 10.4 Å². The molecule has 0 heterocycles. The van der Waals surface area contributed by atoms with E-state index < -0.39 is 5.60 Å². The van der Waals surface area contributed by atoms with Gasteiger partial charge in [-0.25, -0.2) is 4.39 Å². The summed E-state index contributed by atoms with van der Waals surface area (Å²) >= 11 is 1.60. The van der Waals surface area contributed by atoms with Crippen molar-refractivity contribution in [2.24, 2.45) is 0 Å². The van der Waals surface area contributed by atoms with Crippen LogP contribution in [0.4, 0.5) is 4.39 Å². The van der Waals surface area contributed by atoms with Gasteiger partial charge in [0, 0.05) is 24.4 Å². The van der Waals surface area contributed by atoms with E-state index in [4.69, 9.17) is 0 Å². The zero-order valence-corrected chi connectivity index (χ0v) is 11.4. The number of nitrogens with one attached hydrogen (secondary N) is 1. The van der Waals surface area contributed by atoms with Crippen molar-refractivity contribution in [2.45, 2.75) is 26.0 Å². The van der Waals surface area contributed by atoms with Gasteiger partial charge >= 0.3 is 0 Å². The van der Waals surface area contributed by atoms with Crippen LogP contribution >= 0.6 is 11.8 Å². The van der Waals surface area contributed by atoms with Gasteiger partial charge in [-0.05, 0) is 26.2 Å². The summed E-state index contributed by atoms with van der Waals surface area (Å²) in [4.78, 5) is 0. The highest BCUT2D eigenvalue weighted by molar-refractivity contribution is 7.98. The molecule has 1 aromatic rings. The molecule has 0 saturated carbocycles. The summed E-state index contributed by atoms with van der Waals surface area (Å²) in [5.74, 6) is 0.462. The predicted molar refractivity (Wildman–Crippen MR) is 71.8 cm³/mol. The summed E-state index contributed by atoms with van der Waals surface area (Å²) < 4.78 is 13.4. The Morgan fingerprint density at radius 3 is 2.82 bits per heavy atom. The van der Waals surface area contributed by atoms with Crippen LogP contribution in [0.15, 0.2) is 18.2 Å². The fourth-order valence-electron chi connectivity index (χ4n) is 1.67. The third-order valence-electron chi connectivity index (χ3n) is 2.48. The number of hydrogen-bond acceptors (Lipinski definition) is 3. The lowest BCUT2D eigenvalue weighted by molar-refractivity contribution is 0.0845. The molecule has 0 fully saturated rings. The Labute approximate surface area is 107 Å². The second-order valence-electron chi connectivity index (χ2n) is 4.63. The summed E-state index contributed by atoms with van der Waals surface area (Å²) in [5, 5.41) is 13.0. The molecule has 2 nitrogen and oxygen atoms in total. The molecule has 0 spiro atoms. The minimum Gasteiger partial charge on any atom is -0.388 e. The Kier molecular flexibility index (Phi) is 5.43. The van der Waals surface area contributed by atoms with E-state index in [0.717, 1.165) is 5.56 Å². The smallest absolute Gasteiger partial charge is 0.127 e. The number of halogens is 1. The number of hydrogen-bond donors (Lipinski definition) is 2. The van der Waals surface area contributed by atoms with Crippen LogP contribution in [0.2, 0.25) is 0 Å². The molecule has 0 bridgehead atoms. The molecule has 0 aromatic heterocycles. The quantitative estimate of drug-likeness (QED) is 0.820. The van der Waals surface area contributed by atoms with Gasteiger partial charge in [-0.3, -0.25) is 0 Å². The average molecular weight is 257 g/mol. The van der Waals surface area contributed by atoms with E-state index in [9.17, 15) is 9.50 Å². The van der Waals surface area contributed by atoms with Crippen molar-refractivity contribution >= 4 is 11.8 Å². The summed E-state index contributed by atoms with van der Waals surface area (Å²) in [6, 6.07) is 5.06.